The monoisotopic (exact) mass is 509 g/mol. The van der Waals surface area contributed by atoms with Gasteiger partial charge in [-0.2, -0.15) is 11.8 Å². The van der Waals surface area contributed by atoms with Gasteiger partial charge in [-0.3, -0.25) is 4.79 Å². The van der Waals surface area contributed by atoms with E-state index in [4.69, 9.17) is 9.15 Å². The van der Waals surface area contributed by atoms with Crippen molar-refractivity contribution in [3.63, 3.8) is 0 Å². The van der Waals surface area contributed by atoms with Gasteiger partial charge in [0.05, 0.1) is 0 Å². The molecule has 5 nitrogen and oxygen atoms in total. The standard InChI is InChI=1S/C30H39NO4S/c1-19(30-14-20-11-21(15-30)13-22(12-20)16-30)31-27(32)17-34-29(33)28-25(18-36-23-7-3-2-4-8-23)24-9-5-6-10-26(24)35-28/h5-6,9-10,19-23H,2-4,7-8,11-18H2,1H3,(H,31,32)/t19-,20?,21?,22?,30?/m1/s1. The van der Waals surface area contributed by atoms with Gasteiger partial charge in [0.25, 0.3) is 5.91 Å². The van der Waals surface area contributed by atoms with Gasteiger partial charge >= 0.3 is 5.97 Å². The molecular weight excluding hydrogens is 470 g/mol. The molecule has 36 heavy (non-hydrogen) atoms. The van der Waals surface area contributed by atoms with Crippen LogP contribution in [-0.4, -0.2) is 29.8 Å². The van der Waals surface area contributed by atoms with Crippen molar-refractivity contribution < 1.29 is 18.7 Å². The lowest BCUT2D eigenvalue weighted by Crippen LogP contribution is -2.56. The highest BCUT2D eigenvalue weighted by atomic mass is 32.2. The number of hydrogen-bond donors (Lipinski definition) is 1. The molecule has 2 aromatic rings. The smallest absolute Gasteiger partial charge is 0.375 e. The van der Waals surface area contributed by atoms with Gasteiger partial charge in [0.1, 0.15) is 5.58 Å². The Bertz CT molecular complexity index is 1080. The molecule has 5 aliphatic carbocycles. The van der Waals surface area contributed by atoms with Gasteiger partial charge in [0, 0.05) is 28.0 Å². The Morgan fingerprint density at radius 3 is 2.42 bits per heavy atom. The second-order valence-electron chi connectivity index (χ2n) is 12.1. The van der Waals surface area contributed by atoms with Crippen LogP contribution in [0, 0.1) is 23.2 Å². The summed E-state index contributed by atoms with van der Waals surface area (Å²) in [4.78, 5) is 25.9. The summed E-state index contributed by atoms with van der Waals surface area (Å²) in [7, 11) is 0. The highest BCUT2D eigenvalue weighted by Gasteiger charge is 2.53. The quantitative estimate of drug-likeness (QED) is 0.393. The second-order valence-corrected chi connectivity index (χ2v) is 13.4. The van der Waals surface area contributed by atoms with Crippen LogP contribution in [0.3, 0.4) is 0 Å². The van der Waals surface area contributed by atoms with E-state index in [9.17, 15) is 9.59 Å². The fourth-order valence-corrected chi connectivity index (χ4v) is 9.54. The summed E-state index contributed by atoms with van der Waals surface area (Å²) >= 11 is 1.91. The summed E-state index contributed by atoms with van der Waals surface area (Å²) in [5.41, 5.74) is 1.83. The van der Waals surface area contributed by atoms with Crippen LogP contribution in [0.4, 0.5) is 0 Å². The lowest BCUT2D eigenvalue weighted by molar-refractivity contribution is -0.128. The van der Waals surface area contributed by atoms with Crippen molar-refractivity contribution in [3.8, 4) is 0 Å². The molecule has 5 aliphatic rings. The molecule has 1 heterocycles. The summed E-state index contributed by atoms with van der Waals surface area (Å²) in [5.74, 6) is 2.75. The number of ether oxygens (including phenoxy) is 1. The van der Waals surface area contributed by atoms with Crippen molar-refractivity contribution in [2.45, 2.75) is 94.6 Å². The minimum absolute atomic E-state index is 0.116. The van der Waals surface area contributed by atoms with Gasteiger partial charge in [-0.1, -0.05) is 37.5 Å². The fourth-order valence-electron chi connectivity index (χ4n) is 8.18. The molecule has 0 saturated heterocycles. The normalized spacial score (nSPS) is 30.4. The molecular formula is C30H39NO4S. The van der Waals surface area contributed by atoms with Gasteiger partial charge in [-0.05, 0) is 87.5 Å². The van der Waals surface area contributed by atoms with Crippen molar-refractivity contribution in [1.82, 2.24) is 5.32 Å². The zero-order chi connectivity index (χ0) is 24.7. The lowest BCUT2D eigenvalue weighted by Gasteiger charge is -2.59. The first kappa shape index (κ1) is 24.4. The molecule has 5 fully saturated rings. The van der Waals surface area contributed by atoms with Gasteiger partial charge in [-0.15, -0.1) is 0 Å². The van der Waals surface area contributed by atoms with Crippen LogP contribution >= 0.6 is 11.8 Å². The molecule has 0 radical (unpaired) electrons. The van der Waals surface area contributed by atoms with Crippen LogP contribution in [0.5, 0.6) is 0 Å². The molecule has 1 aromatic heterocycles. The summed E-state index contributed by atoms with van der Waals surface area (Å²) in [6.07, 6.45) is 14.2. The van der Waals surface area contributed by atoms with Crippen LogP contribution in [0.2, 0.25) is 0 Å². The molecule has 0 spiro atoms. The third-order valence-electron chi connectivity index (χ3n) is 9.62. The van der Waals surface area contributed by atoms with Gasteiger partial charge in [0.15, 0.2) is 6.61 Å². The summed E-state index contributed by atoms with van der Waals surface area (Å²) in [6.45, 7) is 1.90. The molecule has 1 atom stereocenters. The molecule has 1 N–H and O–H groups in total. The third kappa shape index (κ3) is 4.82. The Morgan fingerprint density at radius 1 is 1.06 bits per heavy atom. The highest BCUT2D eigenvalue weighted by Crippen LogP contribution is 2.61. The molecule has 5 saturated carbocycles. The Morgan fingerprint density at radius 2 is 1.72 bits per heavy atom. The molecule has 0 unspecified atom stereocenters. The van der Waals surface area contributed by atoms with Crippen molar-refractivity contribution in [3.05, 3.63) is 35.6 Å². The lowest BCUT2D eigenvalue weighted by atomic mass is 9.48. The van der Waals surface area contributed by atoms with Crippen molar-refractivity contribution in [1.29, 1.82) is 0 Å². The highest BCUT2D eigenvalue weighted by molar-refractivity contribution is 7.99. The fraction of sp³-hybridized carbons (Fsp3) is 0.667. The van der Waals surface area contributed by atoms with Crippen molar-refractivity contribution in [2.24, 2.45) is 23.2 Å². The maximum atomic E-state index is 13.1. The third-order valence-corrected chi connectivity index (χ3v) is 11.0. The first-order valence-electron chi connectivity index (χ1n) is 14.1. The zero-order valence-electron chi connectivity index (χ0n) is 21.4. The van der Waals surface area contributed by atoms with E-state index in [0.29, 0.717) is 10.8 Å². The number of amides is 1. The average molecular weight is 510 g/mol. The van der Waals surface area contributed by atoms with E-state index >= 15 is 0 Å². The van der Waals surface area contributed by atoms with Crippen LogP contribution in [0.25, 0.3) is 11.0 Å². The van der Waals surface area contributed by atoms with Gasteiger partial charge in [0.2, 0.25) is 5.76 Å². The SMILES string of the molecule is C[C@@H](NC(=O)COC(=O)c1oc2ccccc2c1CSC1CCCCC1)C12CC3CC(CC(C3)C1)C2. The van der Waals surface area contributed by atoms with E-state index in [0.717, 1.165) is 34.5 Å². The number of carbonyl (C=O) groups is 2. The molecule has 4 bridgehead atoms. The number of nitrogens with one attached hydrogen (secondary N) is 1. The zero-order valence-corrected chi connectivity index (χ0v) is 22.2. The average Bonchev–Trinajstić information content (AvgIpc) is 3.24. The number of carbonyl (C=O) groups excluding carboxylic acids is 2. The van der Waals surface area contributed by atoms with E-state index in [1.165, 1.54) is 70.6 Å². The Labute approximate surface area is 218 Å². The first-order chi connectivity index (χ1) is 17.5. The van der Waals surface area contributed by atoms with Crippen LogP contribution < -0.4 is 5.32 Å². The topological polar surface area (TPSA) is 68.5 Å². The predicted octanol–water partition coefficient (Wildman–Crippen LogP) is 6.88. The van der Waals surface area contributed by atoms with Crippen LogP contribution in [0.15, 0.2) is 28.7 Å². The summed E-state index contributed by atoms with van der Waals surface area (Å²) in [5, 5.41) is 4.80. The van der Waals surface area contributed by atoms with Crippen molar-refractivity contribution in [2.75, 3.05) is 6.61 Å². The van der Waals surface area contributed by atoms with Gasteiger partial charge in [-0.25, -0.2) is 4.79 Å². The van der Waals surface area contributed by atoms with Crippen LogP contribution in [0.1, 0.15) is 93.7 Å². The molecule has 194 valence electrons. The number of rotatable bonds is 8. The predicted molar refractivity (Wildman–Crippen MR) is 143 cm³/mol. The van der Waals surface area contributed by atoms with E-state index in [2.05, 4.69) is 12.2 Å². The number of fused-ring (bicyclic) bond motifs is 1. The maximum Gasteiger partial charge on any atom is 0.375 e. The Balaban J connectivity index is 1.08. The molecule has 7 rings (SSSR count). The minimum Gasteiger partial charge on any atom is -0.450 e. The number of thioether (sulfide) groups is 1. The Kier molecular flexibility index (Phi) is 6.83. The number of hydrogen-bond acceptors (Lipinski definition) is 5. The molecule has 1 amide bonds. The molecule has 0 aliphatic heterocycles. The number of benzene rings is 1. The van der Waals surface area contributed by atoms with E-state index in [-0.39, 0.29) is 29.7 Å². The maximum absolute atomic E-state index is 13.1. The number of esters is 1. The minimum atomic E-state index is -0.539. The van der Waals surface area contributed by atoms with Gasteiger partial charge < -0.3 is 14.5 Å². The summed E-state index contributed by atoms with van der Waals surface area (Å²) < 4.78 is 11.5. The van der Waals surface area contributed by atoms with E-state index in [1.807, 2.05) is 36.0 Å². The van der Waals surface area contributed by atoms with E-state index < -0.39 is 5.97 Å². The Hall–Kier alpha value is -1.95. The number of para-hydroxylation sites is 1. The largest absolute Gasteiger partial charge is 0.450 e. The number of furan rings is 1. The summed E-state index contributed by atoms with van der Waals surface area (Å²) in [6, 6.07) is 7.90. The molecule has 1 aromatic carbocycles. The first-order valence-corrected chi connectivity index (χ1v) is 15.1. The van der Waals surface area contributed by atoms with Crippen molar-refractivity contribution >= 4 is 34.6 Å². The van der Waals surface area contributed by atoms with Crippen LogP contribution in [-0.2, 0) is 15.3 Å². The molecule has 6 heteroatoms. The van der Waals surface area contributed by atoms with E-state index in [1.54, 1.807) is 0 Å². The second kappa shape index (κ2) is 10.1.